The van der Waals surface area contributed by atoms with E-state index < -0.39 is 0 Å². The normalized spacial score (nSPS) is 17.2. The van der Waals surface area contributed by atoms with Crippen molar-refractivity contribution in [3.63, 3.8) is 0 Å². The molecule has 3 aromatic rings. The molecule has 1 saturated heterocycles. The van der Waals surface area contributed by atoms with Gasteiger partial charge in [0.05, 0.1) is 35.5 Å². The lowest BCUT2D eigenvalue weighted by Gasteiger charge is -2.21. The van der Waals surface area contributed by atoms with Crippen molar-refractivity contribution >= 4 is 5.82 Å². The fourth-order valence-electron chi connectivity index (χ4n) is 3.19. The molecular weight excluding hydrogens is 319 g/mol. The van der Waals surface area contributed by atoms with Gasteiger partial charge in [0.2, 0.25) is 0 Å². The number of nitrogens with zero attached hydrogens (tertiary/aromatic N) is 6. The second-order valence-electron chi connectivity index (χ2n) is 6.20. The molecule has 0 N–H and O–H groups in total. The lowest BCUT2D eigenvalue weighted by atomic mass is 10.2. The van der Waals surface area contributed by atoms with Gasteiger partial charge in [0, 0.05) is 25.0 Å². The van der Waals surface area contributed by atoms with Crippen molar-refractivity contribution in [3.8, 4) is 17.1 Å². The van der Waals surface area contributed by atoms with Crippen LogP contribution in [0.3, 0.4) is 0 Å². The lowest BCUT2D eigenvalue weighted by molar-refractivity contribution is 0.427. The summed E-state index contributed by atoms with van der Waals surface area (Å²) in [6.45, 7) is 2.35. The molecule has 0 aliphatic carbocycles. The van der Waals surface area contributed by atoms with Crippen LogP contribution < -0.4 is 4.90 Å². The summed E-state index contributed by atoms with van der Waals surface area (Å²) in [4.78, 5) is 15.0. The highest BCUT2D eigenvalue weighted by Gasteiger charge is 2.27. The average molecular weight is 338 g/mol. The summed E-state index contributed by atoms with van der Waals surface area (Å²) in [5.74, 6) is 0.765. The zero-order valence-corrected chi connectivity index (χ0v) is 14.0. The van der Waals surface area contributed by atoms with Gasteiger partial charge >= 0.3 is 0 Å². The first-order valence-electron chi connectivity index (χ1n) is 8.38. The van der Waals surface area contributed by atoms with Crippen LogP contribution in [-0.2, 0) is 0 Å². The number of anilines is 1. The molecule has 4 rings (SSSR count). The van der Waals surface area contributed by atoms with Gasteiger partial charge in [-0.3, -0.25) is 15.0 Å². The maximum atomic E-state index is 13.3. The summed E-state index contributed by atoms with van der Waals surface area (Å²) in [5, 5.41) is 4.73. The van der Waals surface area contributed by atoms with Crippen molar-refractivity contribution in [2.24, 2.45) is 0 Å². The van der Waals surface area contributed by atoms with Gasteiger partial charge in [-0.15, -0.1) is 5.10 Å². The first-order valence-corrected chi connectivity index (χ1v) is 8.38. The molecule has 3 aromatic heterocycles. The maximum absolute atomic E-state index is 13.3. The third kappa shape index (κ3) is 2.97. The molecule has 1 aliphatic heterocycles. The van der Waals surface area contributed by atoms with Crippen LogP contribution in [0.25, 0.3) is 17.1 Å². The Morgan fingerprint density at radius 2 is 2.16 bits per heavy atom. The van der Waals surface area contributed by atoms with Crippen LogP contribution in [0.1, 0.15) is 18.5 Å². The number of pyridine rings is 1. The Bertz CT molecular complexity index is 846. The highest BCUT2D eigenvalue weighted by molar-refractivity contribution is 5.63. The van der Waals surface area contributed by atoms with Gasteiger partial charge in [-0.25, -0.2) is 9.07 Å². The molecule has 0 bridgehead atoms. The number of aromatic nitrogens is 5. The molecule has 0 amide bonds. The zero-order valence-electron chi connectivity index (χ0n) is 14.0. The third-order valence-electron chi connectivity index (χ3n) is 4.48. The van der Waals surface area contributed by atoms with Crippen molar-refractivity contribution in [2.75, 3.05) is 18.1 Å². The Balaban J connectivity index is 1.82. The van der Waals surface area contributed by atoms with Gasteiger partial charge in [0.1, 0.15) is 12.4 Å². The van der Waals surface area contributed by atoms with Crippen molar-refractivity contribution in [2.45, 2.75) is 25.8 Å². The Morgan fingerprint density at radius 3 is 2.88 bits per heavy atom. The van der Waals surface area contributed by atoms with Crippen LogP contribution in [0.5, 0.6) is 0 Å². The monoisotopic (exact) mass is 338 g/mol. The molecule has 7 heteroatoms. The Labute approximate surface area is 145 Å². The lowest BCUT2D eigenvalue weighted by Crippen LogP contribution is -2.31. The summed E-state index contributed by atoms with van der Waals surface area (Å²) >= 11 is 0. The largest absolute Gasteiger partial charge is 0.350 e. The SMILES string of the molecule is Cc1cnc(-c2cc(N3CCC[C@H]3CF)nn2-c2cccnc2)cn1. The summed E-state index contributed by atoms with van der Waals surface area (Å²) < 4.78 is 15.1. The van der Waals surface area contributed by atoms with E-state index in [2.05, 4.69) is 15.0 Å². The van der Waals surface area contributed by atoms with Crippen LogP contribution in [0.15, 0.2) is 43.0 Å². The van der Waals surface area contributed by atoms with Gasteiger partial charge in [0.25, 0.3) is 0 Å². The van der Waals surface area contributed by atoms with Crippen molar-refractivity contribution in [1.29, 1.82) is 0 Å². The van der Waals surface area contributed by atoms with E-state index in [4.69, 9.17) is 5.10 Å². The van der Waals surface area contributed by atoms with E-state index in [1.165, 1.54) is 0 Å². The summed E-state index contributed by atoms with van der Waals surface area (Å²) in [5.41, 5.74) is 3.24. The fourth-order valence-corrected chi connectivity index (χ4v) is 3.19. The third-order valence-corrected chi connectivity index (χ3v) is 4.48. The molecular formula is C18H19FN6. The minimum atomic E-state index is -0.362. The molecule has 0 aromatic carbocycles. The first kappa shape index (κ1) is 15.7. The van der Waals surface area contributed by atoms with Crippen LogP contribution in [0.2, 0.25) is 0 Å². The minimum Gasteiger partial charge on any atom is -0.350 e. The standard InChI is InChI=1S/C18H19FN6/c1-13-10-22-16(12-21-13)17-8-18(24-7-3-5-14(24)9-19)23-25(17)15-4-2-6-20-11-15/h2,4,6,8,10-12,14H,3,5,7,9H2,1H3/t14-/m0/s1. The molecule has 1 fully saturated rings. The van der Waals surface area contributed by atoms with Crippen LogP contribution in [-0.4, -0.2) is 44.0 Å². The molecule has 0 spiro atoms. The molecule has 0 saturated carbocycles. The molecule has 128 valence electrons. The highest BCUT2D eigenvalue weighted by atomic mass is 19.1. The van der Waals surface area contributed by atoms with E-state index in [1.807, 2.05) is 30.0 Å². The van der Waals surface area contributed by atoms with E-state index in [9.17, 15) is 4.39 Å². The van der Waals surface area contributed by atoms with Gasteiger partial charge < -0.3 is 4.90 Å². The molecule has 6 nitrogen and oxygen atoms in total. The number of aryl methyl sites for hydroxylation is 1. The molecule has 25 heavy (non-hydrogen) atoms. The zero-order chi connectivity index (χ0) is 17.2. The molecule has 4 heterocycles. The molecule has 1 atom stereocenters. The number of alkyl halides is 1. The fraction of sp³-hybridized carbons (Fsp3) is 0.333. The number of rotatable bonds is 4. The van der Waals surface area contributed by atoms with Gasteiger partial charge in [0.15, 0.2) is 5.82 Å². The van der Waals surface area contributed by atoms with E-state index >= 15 is 0 Å². The quantitative estimate of drug-likeness (QED) is 0.732. The molecule has 0 radical (unpaired) electrons. The molecule has 1 aliphatic rings. The Kier molecular flexibility index (Phi) is 4.13. The smallest absolute Gasteiger partial charge is 0.152 e. The number of hydrogen-bond donors (Lipinski definition) is 0. The second kappa shape index (κ2) is 6.58. The van der Waals surface area contributed by atoms with Crippen LogP contribution in [0.4, 0.5) is 10.2 Å². The minimum absolute atomic E-state index is 0.103. The summed E-state index contributed by atoms with van der Waals surface area (Å²) in [7, 11) is 0. The number of halogens is 1. The highest BCUT2D eigenvalue weighted by Crippen LogP contribution is 2.30. The second-order valence-corrected chi connectivity index (χ2v) is 6.20. The predicted octanol–water partition coefficient (Wildman–Crippen LogP) is 2.97. The van der Waals surface area contributed by atoms with Crippen molar-refractivity contribution in [3.05, 3.63) is 48.7 Å². The van der Waals surface area contributed by atoms with E-state index in [0.29, 0.717) is 0 Å². The van der Waals surface area contributed by atoms with Gasteiger partial charge in [-0.05, 0) is 31.9 Å². The van der Waals surface area contributed by atoms with Gasteiger partial charge in [-0.1, -0.05) is 0 Å². The Morgan fingerprint density at radius 1 is 1.24 bits per heavy atom. The summed E-state index contributed by atoms with van der Waals surface area (Å²) in [6, 6.07) is 5.65. The topological polar surface area (TPSA) is 59.7 Å². The number of hydrogen-bond acceptors (Lipinski definition) is 5. The van der Waals surface area contributed by atoms with Gasteiger partial charge in [-0.2, -0.15) is 0 Å². The van der Waals surface area contributed by atoms with Crippen molar-refractivity contribution < 1.29 is 4.39 Å². The van der Waals surface area contributed by atoms with Crippen molar-refractivity contribution in [1.82, 2.24) is 24.7 Å². The van der Waals surface area contributed by atoms with E-state index in [0.717, 1.165) is 48.0 Å². The Hall–Kier alpha value is -2.83. The van der Waals surface area contributed by atoms with E-state index in [1.54, 1.807) is 29.5 Å². The van der Waals surface area contributed by atoms with Crippen LogP contribution in [0, 0.1) is 6.92 Å². The van der Waals surface area contributed by atoms with Crippen LogP contribution >= 0.6 is 0 Å². The first-order chi connectivity index (χ1) is 12.3. The average Bonchev–Trinajstić information content (AvgIpc) is 3.29. The predicted molar refractivity (Wildman–Crippen MR) is 93.5 cm³/mol. The van der Waals surface area contributed by atoms with E-state index in [-0.39, 0.29) is 12.7 Å². The molecule has 0 unspecified atom stereocenters. The maximum Gasteiger partial charge on any atom is 0.152 e. The summed E-state index contributed by atoms with van der Waals surface area (Å²) in [6.07, 6.45) is 8.77.